The summed E-state index contributed by atoms with van der Waals surface area (Å²) in [6.07, 6.45) is 0. The number of nitro benzene ring substituents is 1. The van der Waals surface area contributed by atoms with Gasteiger partial charge in [0.15, 0.2) is 5.11 Å². The minimum absolute atomic E-state index is 0.00477. The molecule has 1 aromatic heterocycles. The zero-order valence-electron chi connectivity index (χ0n) is 14.8. The molecule has 0 aliphatic heterocycles. The number of non-ortho nitro benzene ring substituents is 1. The molecule has 2 aromatic rings. The van der Waals surface area contributed by atoms with Crippen LogP contribution in [0.4, 0.5) is 10.7 Å². The van der Waals surface area contributed by atoms with Gasteiger partial charge in [-0.25, -0.2) is 4.79 Å². The summed E-state index contributed by atoms with van der Waals surface area (Å²) in [4.78, 5) is 35.4. The number of aryl methyl sites for hydroxylation is 1. The van der Waals surface area contributed by atoms with Crippen LogP contribution in [0.2, 0.25) is 0 Å². The Balaban J connectivity index is 2.11. The van der Waals surface area contributed by atoms with Crippen molar-refractivity contribution in [1.82, 2.24) is 5.32 Å². The first kappa shape index (κ1) is 20.5. The van der Waals surface area contributed by atoms with E-state index in [2.05, 4.69) is 10.6 Å². The van der Waals surface area contributed by atoms with Gasteiger partial charge in [-0.2, -0.15) is 0 Å². The summed E-state index contributed by atoms with van der Waals surface area (Å²) in [6, 6.07) is 5.13. The first-order chi connectivity index (χ1) is 12.7. The molecule has 1 heterocycles. The number of nitrogens with zero attached hydrogens (tertiary/aromatic N) is 1. The van der Waals surface area contributed by atoms with Crippen molar-refractivity contribution in [1.29, 1.82) is 0 Å². The van der Waals surface area contributed by atoms with Crippen molar-refractivity contribution < 1.29 is 19.2 Å². The maximum Gasteiger partial charge on any atom is 0.341 e. The van der Waals surface area contributed by atoms with Crippen molar-refractivity contribution in [2.45, 2.75) is 20.8 Å². The normalized spacial score (nSPS) is 10.2. The van der Waals surface area contributed by atoms with Gasteiger partial charge in [-0.1, -0.05) is 0 Å². The molecule has 2 rings (SSSR count). The largest absolute Gasteiger partial charge is 0.462 e. The van der Waals surface area contributed by atoms with Crippen LogP contribution in [0.1, 0.15) is 38.1 Å². The maximum absolute atomic E-state index is 12.2. The Morgan fingerprint density at radius 3 is 2.44 bits per heavy atom. The Kier molecular flexibility index (Phi) is 6.59. The van der Waals surface area contributed by atoms with Crippen LogP contribution in [-0.4, -0.2) is 28.5 Å². The molecule has 0 saturated heterocycles. The first-order valence-electron chi connectivity index (χ1n) is 7.88. The van der Waals surface area contributed by atoms with E-state index in [9.17, 15) is 19.7 Å². The summed E-state index contributed by atoms with van der Waals surface area (Å²) in [5.41, 5.74) is 1.27. The quantitative estimate of drug-likeness (QED) is 0.337. The fourth-order valence-corrected chi connectivity index (χ4v) is 3.52. The van der Waals surface area contributed by atoms with Crippen molar-refractivity contribution in [2.24, 2.45) is 0 Å². The number of benzene rings is 1. The van der Waals surface area contributed by atoms with Crippen LogP contribution < -0.4 is 10.6 Å². The summed E-state index contributed by atoms with van der Waals surface area (Å²) in [6.45, 7) is 5.64. The SMILES string of the molecule is CCOC(=O)c1c(NC(=S)NC(=O)c2ccc([N+](=O)[O-])cc2)sc(C)c1C. The van der Waals surface area contributed by atoms with Crippen LogP contribution in [0.15, 0.2) is 24.3 Å². The van der Waals surface area contributed by atoms with Crippen LogP contribution in [0, 0.1) is 24.0 Å². The Labute approximate surface area is 164 Å². The Morgan fingerprint density at radius 1 is 1.26 bits per heavy atom. The number of nitro groups is 1. The average molecular weight is 407 g/mol. The highest BCUT2D eigenvalue weighted by Gasteiger charge is 2.22. The molecule has 0 fully saturated rings. The fourth-order valence-electron chi connectivity index (χ4n) is 2.21. The lowest BCUT2D eigenvalue weighted by Gasteiger charge is -2.10. The number of esters is 1. The van der Waals surface area contributed by atoms with Crippen LogP contribution >= 0.6 is 23.6 Å². The van der Waals surface area contributed by atoms with Crippen molar-refractivity contribution >= 4 is 51.2 Å². The lowest BCUT2D eigenvalue weighted by Crippen LogP contribution is -2.34. The van der Waals surface area contributed by atoms with Crippen LogP contribution in [0.5, 0.6) is 0 Å². The third-order valence-corrected chi connectivity index (χ3v) is 4.99. The van der Waals surface area contributed by atoms with E-state index in [-0.39, 0.29) is 23.0 Å². The Morgan fingerprint density at radius 2 is 1.89 bits per heavy atom. The molecule has 142 valence electrons. The van der Waals surface area contributed by atoms with Gasteiger partial charge in [0.05, 0.1) is 17.1 Å². The molecule has 0 bridgehead atoms. The van der Waals surface area contributed by atoms with E-state index in [1.54, 1.807) is 6.92 Å². The number of thiophene rings is 1. The summed E-state index contributed by atoms with van der Waals surface area (Å²) in [5, 5.41) is 16.5. The number of thiocarbonyl (C=S) groups is 1. The van der Waals surface area contributed by atoms with Gasteiger partial charge in [-0.3, -0.25) is 20.2 Å². The van der Waals surface area contributed by atoms with E-state index < -0.39 is 16.8 Å². The number of amides is 1. The predicted octanol–water partition coefficient (Wildman–Crippen LogP) is 3.58. The topological polar surface area (TPSA) is 111 Å². The molecule has 0 radical (unpaired) electrons. The van der Waals surface area contributed by atoms with Gasteiger partial charge in [-0.15, -0.1) is 11.3 Å². The molecule has 27 heavy (non-hydrogen) atoms. The van der Waals surface area contributed by atoms with Gasteiger partial charge >= 0.3 is 5.97 Å². The van der Waals surface area contributed by atoms with E-state index in [4.69, 9.17) is 17.0 Å². The smallest absolute Gasteiger partial charge is 0.341 e. The minimum atomic E-state index is -0.549. The number of nitrogens with one attached hydrogen (secondary N) is 2. The highest BCUT2D eigenvalue weighted by molar-refractivity contribution is 7.80. The molecule has 8 nitrogen and oxygen atoms in total. The van der Waals surface area contributed by atoms with E-state index in [1.807, 2.05) is 13.8 Å². The van der Waals surface area contributed by atoms with E-state index in [0.717, 1.165) is 10.4 Å². The molecule has 0 saturated carbocycles. The van der Waals surface area contributed by atoms with Crippen molar-refractivity contribution in [3.63, 3.8) is 0 Å². The lowest BCUT2D eigenvalue weighted by atomic mass is 10.1. The van der Waals surface area contributed by atoms with E-state index in [0.29, 0.717) is 10.6 Å². The van der Waals surface area contributed by atoms with Crippen LogP contribution in [0.25, 0.3) is 0 Å². The minimum Gasteiger partial charge on any atom is -0.462 e. The molecule has 0 aliphatic carbocycles. The molecule has 0 spiro atoms. The first-order valence-corrected chi connectivity index (χ1v) is 9.11. The number of hydrogen-bond donors (Lipinski definition) is 2. The second-order valence-electron chi connectivity index (χ2n) is 5.42. The van der Waals surface area contributed by atoms with Crippen LogP contribution in [-0.2, 0) is 4.74 Å². The van der Waals surface area contributed by atoms with Crippen molar-refractivity contribution in [3.05, 3.63) is 55.9 Å². The van der Waals surface area contributed by atoms with Crippen molar-refractivity contribution in [2.75, 3.05) is 11.9 Å². The van der Waals surface area contributed by atoms with Gasteiger partial charge in [0.1, 0.15) is 5.00 Å². The molecular formula is C17H17N3O5S2. The lowest BCUT2D eigenvalue weighted by molar-refractivity contribution is -0.384. The van der Waals surface area contributed by atoms with Gasteiger partial charge in [0.2, 0.25) is 0 Å². The second-order valence-corrected chi connectivity index (χ2v) is 7.05. The number of ether oxygens (including phenoxy) is 1. The highest BCUT2D eigenvalue weighted by atomic mass is 32.1. The second kappa shape index (κ2) is 8.69. The third-order valence-electron chi connectivity index (χ3n) is 3.66. The molecule has 0 atom stereocenters. The third kappa shape index (κ3) is 4.86. The summed E-state index contributed by atoms with van der Waals surface area (Å²) in [5.74, 6) is -0.989. The number of hydrogen-bond acceptors (Lipinski definition) is 7. The van der Waals surface area contributed by atoms with Crippen molar-refractivity contribution in [3.8, 4) is 0 Å². The molecule has 2 N–H and O–H groups in total. The monoisotopic (exact) mass is 407 g/mol. The van der Waals surface area contributed by atoms with Gasteiger partial charge in [-0.05, 0) is 50.7 Å². The van der Waals surface area contributed by atoms with Gasteiger partial charge in [0.25, 0.3) is 11.6 Å². The zero-order chi connectivity index (χ0) is 20.1. The highest BCUT2D eigenvalue weighted by Crippen LogP contribution is 2.33. The Bertz CT molecular complexity index is 906. The predicted molar refractivity (Wildman–Crippen MR) is 107 cm³/mol. The van der Waals surface area contributed by atoms with E-state index in [1.165, 1.54) is 35.6 Å². The number of rotatable bonds is 5. The molecule has 1 aromatic carbocycles. The van der Waals surface area contributed by atoms with Gasteiger partial charge in [0, 0.05) is 22.6 Å². The molecule has 10 heteroatoms. The number of carbonyl (C=O) groups excluding carboxylic acids is 2. The average Bonchev–Trinajstić information content (AvgIpc) is 2.88. The maximum atomic E-state index is 12.2. The molecule has 0 unspecified atom stereocenters. The summed E-state index contributed by atoms with van der Waals surface area (Å²) >= 11 is 6.47. The summed E-state index contributed by atoms with van der Waals surface area (Å²) < 4.78 is 5.07. The molecule has 0 aliphatic rings. The summed E-state index contributed by atoms with van der Waals surface area (Å²) in [7, 11) is 0. The fraction of sp³-hybridized carbons (Fsp3) is 0.235. The molecular weight excluding hydrogens is 390 g/mol. The van der Waals surface area contributed by atoms with Crippen LogP contribution in [0.3, 0.4) is 0 Å². The van der Waals surface area contributed by atoms with E-state index >= 15 is 0 Å². The molecule has 1 amide bonds. The standard InChI is InChI=1S/C17H17N3O5S2/c1-4-25-16(22)13-9(2)10(3)27-15(13)19-17(26)18-14(21)11-5-7-12(8-6-11)20(23)24/h5-8H,4H2,1-3H3,(H2,18,19,21,26). The zero-order valence-corrected chi connectivity index (χ0v) is 16.5. The van der Waals surface area contributed by atoms with Gasteiger partial charge < -0.3 is 10.1 Å². The number of anilines is 1. The number of carbonyl (C=O) groups is 2. The Hall–Kier alpha value is -2.85.